The van der Waals surface area contributed by atoms with Crippen molar-refractivity contribution in [3.63, 3.8) is 0 Å². The van der Waals surface area contributed by atoms with Crippen molar-refractivity contribution in [3.8, 4) is 16.4 Å². The Hall–Kier alpha value is -2.54. The molecule has 26 heavy (non-hydrogen) atoms. The average molecular weight is 369 g/mol. The lowest BCUT2D eigenvalue weighted by Crippen LogP contribution is -2.24. The van der Waals surface area contributed by atoms with Gasteiger partial charge in [-0.25, -0.2) is 9.67 Å². The van der Waals surface area contributed by atoms with Crippen molar-refractivity contribution in [1.82, 2.24) is 25.3 Å². The van der Waals surface area contributed by atoms with Gasteiger partial charge in [-0.15, -0.1) is 16.4 Å². The van der Waals surface area contributed by atoms with Crippen molar-refractivity contribution in [2.75, 3.05) is 6.54 Å². The van der Waals surface area contributed by atoms with Crippen molar-refractivity contribution in [1.29, 1.82) is 0 Å². The zero-order chi connectivity index (χ0) is 18.5. The normalized spacial score (nSPS) is 10.9. The zero-order valence-electron chi connectivity index (χ0n) is 15.3. The van der Waals surface area contributed by atoms with E-state index in [-0.39, 0.29) is 5.91 Å². The van der Waals surface area contributed by atoms with Crippen molar-refractivity contribution >= 4 is 17.2 Å². The molecule has 2 heterocycles. The smallest absolute Gasteiger partial charge is 0.263 e. The van der Waals surface area contributed by atoms with Crippen LogP contribution in [0.25, 0.3) is 16.4 Å². The number of para-hydroxylation sites is 1. The summed E-state index contributed by atoms with van der Waals surface area (Å²) in [7, 11) is 0. The third kappa shape index (κ3) is 3.83. The minimum atomic E-state index is -0.0598. The molecule has 7 heteroatoms. The van der Waals surface area contributed by atoms with E-state index >= 15 is 0 Å². The molecule has 0 saturated carbocycles. The maximum Gasteiger partial charge on any atom is 0.263 e. The molecule has 136 valence electrons. The maximum absolute atomic E-state index is 12.4. The van der Waals surface area contributed by atoms with Crippen LogP contribution in [-0.4, -0.2) is 32.4 Å². The molecular formula is C19H23N5OS. The molecule has 1 aromatic carbocycles. The lowest BCUT2D eigenvalue weighted by molar-refractivity contribution is 0.0956. The van der Waals surface area contributed by atoms with Gasteiger partial charge in [-0.05, 0) is 32.4 Å². The van der Waals surface area contributed by atoms with Crippen LogP contribution in [0.15, 0.2) is 30.3 Å². The number of carbonyl (C=O) groups excluding carboxylic acids is 1. The second-order valence-electron chi connectivity index (χ2n) is 6.17. The van der Waals surface area contributed by atoms with Gasteiger partial charge in [0, 0.05) is 6.54 Å². The van der Waals surface area contributed by atoms with Gasteiger partial charge in [0.05, 0.1) is 17.1 Å². The van der Waals surface area contributed by atoms with Gasteiger partial charge in [-0.3, -0.25) is 4.79 Å². The number of hydrogen-bond acceptors (Lipinski definition) is 5. The molecule has 0 atom stereocenters. The van der Waals surface area contributed by atoms with Gasteiger partial charge in [-0.1, -0.05) is 43.2 Å². The number of unbranched alkanes of at least 4 members (excludes halogenated alkanes) is 2. The van der Waals surface area contributed by atoms with E-state index in [1.807, 2.05) is 44.2 Å². The lowest BCUT2D eigenvalue weighted by atomic mass is 10.2. The highest BCUT2D eigenvalue weighted by molar-refractivity contribution is 7.17. The van der Waals surface area contributed by atoms with Crippen LogP contribution >= 0.6 is 11.3 Å². The number of nitrogens with zero attached hydrogens (tertiary/aromatic N) is 4. The minimum Gasteiger partial charge on any atom is -0.351 e. The molecule has 3 aromatic rings. The molecule has 0 aliphatic rings. The molecular weight excluding hydrogens is 346 g/mol. The zero-order valence-corrected chi connectivity index (χ0v) is 16.1. The summed E-state index contributed by atoms with van der Waals surface area (Å²) in [6, 6.07) is 9.85. The second kappa shape index (κ2) is 8.23. The number of hydrogen-bond donors (Lipinski definition) is 1. The van der Waals surface area contributed by atoms with E-state index in [4.69, 9.17) is 0 Å². The van der Waals surface area contributed by atoms with Crippen LogP contribution in [0.2, 0.25) is 0 Å². The van der Waals surface area contributed by atoms with Gasteiger partial charge in [0.25, 0.3) is 5.91 Å². The first-order valence-corrected chi connectivity index (χ1v) is 9.67. The SMILES string of the molecule is CCCCCNC(=O)c1sc(-c2nnn(-c3ccccc3)c2C)nc1C. The minimum absolute atomic E-state index is 0.0598. The van der Waals surface area contributed by atoms with Crippen LogP contribution in [0.4, 0.5) is 0 Å². The summed E-state index contributed by atoms with van der Waals surface area (Å²) in [5.74, 6) is -0.0598. The van der Waals surface area contributed by atoms with Crippen LogP contribution in [0, 0.1) is 13.8 Å². The van der Waals surface area contributed by atoms with E-state index < -0.39 is 0 Å². The van der Waals surface area contributed by atoms with E-state index in [0.717, 1.165) is 41.3 Å². The Labute approximate surface area is 157 Å². The fraction of sp³-hybridized carbons (Fsp3) is 0.368. The van der Waals surface area contributed by atoms with Gasteiger partial charge < -0.3 is 5.32 Å². The van der Waals surface area contributed by atoms with Crippen LogP contribution < -0.4 is 5.32 Å². The summed E-state index contributed by atoms with van der Waals surface area (Å²) in [5, 5.41) is 12.2. The standard InChI is InChI=1S/C19H23N5OS/c1-4-5-9-12-20-18(25)17-13(2)21-19(26-17)16-14(3)24(23-22-16)15-10-7-6-8-11-15/h6-8,10-11H,4-5,9,12H2,1-3H3,(H,20,25). The van der Waals surface area contributed by atoms with Gasteiger partial charge in [0.2, 0.25) is 0 Å². The van der Waals surface area contributed by atoms with Crippen molar-refractivity contribution in [2.45, 2.75) is 40.0 Å². The molecule has 0 unspecified atom stereocenters. The highest BCUT2D eigenvalue weighted by Gasteiger charge is 2.20. The summed E-state index contributed by atoms with van der Waals surface area (Å²) in [6.45, 7) is 6.66. The van der Waals surface area contributed by atoms with Gasteiger partial charge in [0.1, 0.15) is 15.6 Å². The van der Waals surface area contributed by atoms with E-state index in [2.05, 4.69) is 27.5 Å². The van der Waals surface area contributed by atoms with Gasteiger partial charge in [0.15, 0.2) is 0 Å². The Kier molecular flexibility index (Phi) is 5.78. The molecule has 3 rings (SSSR count). The molecule has 0 radical (unpaired) electrons. The molecule has 0 aliphatic carbocycles. The number of carbonyl (C=O) groups is 1. The van der Waals surface area contributed by atoms with Gasteiger partial charge in [-0.2, -0.15) is 0 Å². The van der Waals surface area contributed by atoms with E-state index in [0.29, 0.717) is 17.1 Å². The molecule has 2 aromatic heterocycles. The van der Waals surface area contributed by atoms with Gasteiger partial charge >= 0.3 is 0 Å². The number of aryl methyl sites for hydroxylation is 1. The number of rotatable bonds is 7. The van der Waals surface area contributed by atoms with Crippen molar-refractivity contribution in [2.24, 2.45) is 0 Å². The van der Waals surface area contributed by atoms with E-state index in [1.54, 1.807) is 4.68 Å². The summed E-state index contributed by atoms with van der Waals surface area (Å²) in [5.41, 5.74) is 3.30. The second-order valence-corrected chi connectivity index (χ2v) is 7.17. The predicted octanol–water partition coefficient (Wildman–Crippen LogP) is 3.93. The highest BCUT2D eigenvalue weighted by Crippen LogP contribution is 2.29. The van der Waals surface area contributed by atoms with Crippen LogP contribution in [-0.2, 0) is 0 Å². The Morgan fingerprint density at radius 2 is 1.96 bits per heavy atom. The Balaban J connectivity index is 1.81. The molecule has 0 spiro atoms. The Morgan fingerprint density at radius 1 is 1.19 bits per heavy atom. The number of thiazole rings is 1. The fourth-order valence-electron chi connectivity index (χ4n) is 2.71. The molecule has 0 fully saturated rings. The average Bonchev–Trinajstić information content (AvgIpc) is 3.22. The molecule has 1 N–H and O–H groups in total. The maximum atomic E-state index is 12.4. The van der Waals surface area contributed by atoms with Crippen LogP contribution in [0.3, 0.4) is 0 Å². The molecule has 1 amide bonds. The van der Waals surface area contributed by atoms with E-state index in [1.165, 1.54) is 11.3 Å². The Bertz CT molecular complexity index is 885. The molecule has 0 bridgehead atoms. The number of aromatic nitrogens is 4. The van der Waals surface area contributed by atoms with Crippen molar-refractivity contribution in [3.05, 3.63) is 46.6 Å². The monoisotopic (exact) mass is 369 g/mol. The highest BCUT2D eigenvalue weighted by atomic mass is 32.1. The lowest BCUT2D eigenvalue weighted by Gasteiger charge is -2.02. The topological polar surface area (TPSA) is 72.7 Å². The number of nitrogens with one attached hydrogen (secondary N) is 1. The quantitative estimate of drug-likeness (QED) is 0.641. The third-order valence-corrected chi connectivity index (χ3v) is 5.33. The fourth-order valence-corrected chi connectivity index (χ4v) is 3.73. The first-order chi connectivity index (χ1) is 12.6. The number of amides is 1. The van der Waals surface area contributed by atoms with E-state index in [9.17, 15) is 4.79 Å². The number of benzene rings is 1. The predicted molar refractivity (Wildman–Crippen MR) is 104 cm³/mol. The van der Waals surface area contributed by atoms with Crippen molar-refractivity contribution < 1.29 is 4.79 Å². The van der Waals surface area contributed by atoms with Crippen LogP contribution in [0.1, 0.15) is 47.2 Å². The first kappa shape index (κ1) is 18.3. The Morgan fingerprint density at radius 3 is 2.69 bits per heavy atom. The first-order valence-electron chi connectivity index (χ1n) is 8.85. The molecule has 0 saturated heterocycles. The third-order valence-electron chi connectivity index (χ3n) is 4.17. The molecule has 6 nitrogen and oxygen atoms in total. The summed E-state index contributed by atoms with van der Waals surface area (Å²) in [6.07, 6.45) is 3.25. The summed E-state index contributed by atoms with van der Waals surface area (Å²) in [4.78, 5) is 17.6. The molecule has 0 aliphatic heterocycles. The van der Waals surface area contributed by atoms with Crippen LogP contribution in [0.5, 0.6) is 0 Å². The summed E-state index contributed by atoms with van der Waals surface area (Å²) >= 11 is 1.37. The largest absolute Gasteiger partial charge is 0.351 e. The summed E-state index contributed by atoms with van der Waals surface area (Å²) < 4.78 is 1.79.